The monoisotopic (exact) mass is 284 g/mol. The molecule has 1 fully saturated rings. The number of benzene rings is 1. The molecule has 1 aromatic heterocycles. The number of nitrogens with two attached hydrogens (primary N) is 1. The number of anilines is 2. The zero-order valence-electron chi connectivity index (χ0n) is 12.1. The third-order valence-electron chi connectivity index (χ3n) is 3.68. The molecule has 21 heavy (non-hydrogen) atoms. The van der Waals surface area contributed by atoms with Crippen LogP contribution in [0.25, 0.3) is 11.4 Å². The Morgan fingerprint density at radius 2 is 2.10 bits per heavy atom. The molecule has 0 bridgehead atoms. The molecule has 110 valence electrons. The van der Waals surface area contributed by atoms with Crippen molar-refractivity contribution < 1.29 is 4.74 Å². The van der Waals surface area contributed by atoms with Crippen LogP contribution in [-0.2, 0) is 4.74 Å². The molecule has 0 aliphatic carbocycles. The number of aromatic nitrogens is 2. The van der Waals surface area contributed by atoms with Gasteiger partial charge in [0.05, 0.1) is 12.1 Å². The summed E-state index contributed by atoms with van der Waals surface area (Å²) in [6.07, 6.45) is 2.44. The minimum atomic E-state index is 0.199. The quantitative estimate of drug-likeness (QED) is 0.903. The van der Waals surface area contributed by atoms with Crippen LogP contribution in [0.4, 0.5) is 11.6 Å². The molecule has 2 unspecified atom stereocenters. The zero-order chi connectivity index (χ0) is 14.7. The van der Waals surface area contributed by atoms with Gasteiger partial charge in [0.1, 0.15) is 11.6 Å². The van der Waals surface area contributed by atoms with Crippen molar-refractivity contribution in [2.24, 2.45) is 0 Å². The van der Waals surface area contributed by atoms with Gasteiger partial charge in [-0.2, -0.15) is 0 Å². The van der Waals surface area contributed by atoms with Gasteiger partial charge in [-0.25, -0.2) is 9.97 Å². The van der Waals surface area contributed by atoms with Gasteiger partial charge >= 0.3 is 0 Å². The summed E-state index contributed by atoms with van der Waals surface area (Å²) >= 11 is 0. The van der Waals surface area contributed by atoms with Gasteiger partial charge in [-0.3, -0.25) is 0 Å². The van der Waals surface area contributed by atoms with E-state index in [1.165, 1.54) is 0 Å². The second-order valence-corrected chi connectivity index (χ2v) is 5.35. The fourth-order valence-electron chi connectivity index (χ4n) is 2.58. The van der Waals surface area contributed by atoms with Crippen molar-refractivity contribution in [3.8, 4) is 11.4 Å². The molecule has 0 radical (unpaired) electrons. The van der Waals surface area contributed by atoms with Crippen LogP contribution < -0.4 is 11.1 Å². The Labute approximate surface area is 124 Å². The Morgan fingerprint density at radius 3 is 2.81 bits per heavy atom. The van der Waals surface area contributed by atoms with E-state index in [0.717, 1.165) is 30.8 Å². The van der Waals surface area contributed by atoms with Crippen LogP contribution in [0.5, 0.6) is 0 Å². The Morgan fingerprint density at radius 1 is 1.29 bits per heavy atom. The third-order valence-corrected chi connectivity index (χ3v) is 3.68. The molecule has 5 heteroatoms. The first-order chi connectivity index (χ1) is 10.2. The van der Waals surface area contributed by atoms with Gasteiger partial charge in [0.2, 0.25) is 0 Å². The fraction of sp³-hybridized carbons (Fsp3) is 0.375. The number of hydrogen-bond acceptors (Lipinski definition) is 5. The van der Waals surface area contributed by atoms with Gasteiger partial charge in [-0.05, 0) is 19.8 Å². The number of nitrogens with zero attached hydrogens (tertiary/aromatic N) is 2. The summed E-state index contributed by atoms with van der Waals surface area (Å²) < 4.78 is 5.69. The van der Waals surface area contributed by atoms with Gasteiger partial charge in [0.25, 0.3) is 0 Å². The summed E-state index contributed by atoms with van der Waals surface area (Å²) in [6, 6.07) is 11.8. The summed E-state index contributed by atoms with van der Waals surface area (Å²) in [7, 11) is 0. The van der Waals surface area contributed by atoms with Gasteiger partial charge < -0.3 is 15.8 Å². The van der Waals surface area contributed by atoms with Crippen LogP contribution >= 0.6 is 0 Å². The molecule has 0 saturated carbocycles. The molecule has 5 nitrogen and oxygen atoms in total. The SMILES string of the molecule is CC(Nc1cc(N)nc(-c2ccccc2)n1)C1CCCO1. The molecule has 2 heterocycles. The molecule has 2 aromatic rings. The van der Waals surface area contributed by atoms with Crippen LogP contribution in [-0.4, -0.2) is 28.7 Å². The Bertz CT molecular complexity index is 596. The molecule has 0 spiro atoms. The zero-order valence-corrected chi connectivity index (χ0v) is 12.1. The van der Waals surface area contributed by atoms with E-state index in [9.17, 15) is 0 Å². The van der Waals surface area contributed by atoms with E-state index in [1.807, 2.05) is 30.3 Å². The second-order valence-electron chi connectivity index (χ2n) is 5.35. The number of hydrogen-bond donors (Lipinski definition) is 2. The molecule has 1 saturated heterocycles. The summed E-state index contributed by atoms with van der Waals surface area (Å²) in [6.45, 7) is 2.95. The van der Waals surface area contributed by atoms with Crippen LogP contribution in [0, 0.1) is 0 Å². The van der Waals surface area contributed by atoms with Crippen molar-refractivity contribution in [1.29, 1.82) is 0 Å². The average Bonchev–Trinajstić information content (AvgIpc) is 3.02. The summed E-state index contributed by atoms with van der Waals surface area (Å²) in [5.41, 5.74) is 6.86. The predicted molar refractivity (Wildman–Crippen MR) is 83.9 cm³/mol. The largest absolute Gasteiger partial charge is 0.384 e. The minimum Gasteiger partial charge on any atom is -0.384 e. The predicted octanol–water partition coefficient (Wildman–Crippen LogP) is 2.71. The number of ether oxygens (including phenoxy) is 1. The molecule has 0 amide bonds. The van der Waals surface area contributed by atoms with Gasteiger partial charge in [-0.15, -0.1) is 0 Å². The van der Waals surface area contributed by atoms with Crippen LogP contribution in [0.1, 0.15) is 19.8 Å². The Hall–Kier alpha value is -2.14. The summed E-state index contributed by atoms with van der Waals surface area (Å²) in [5.74, 6) is 1.84. The molecular formula is C16H20N4O. The lowest BCUT2D eigenvalue weighted by atomic mass is 10.1. The molecule has 3 N–H and O–H groups in total. The van der Waals surface area contributed by atoms with E-state index in [0.29, 0.717) is 11.6 Å². The van der Waals surface area contributed by atoms with Crippen molar-refractivity contribution in [1.82, 2.24) is 9.97 Å². The van der Waals surface area contributed by atoms with Crippen molar-refractivity contribution in [3.63, 3.8) is 0 Å². The number of nitrogen functional groups attached to an aromatic ring is 1. The second kappa shape index (κ2) is 6.10. The highest BCUT2D eigenvalue weighted by Gasteiger charge is 2.22. The average molecular weight is 284 g/mol. The van der Waals surface area contributed by atoms with Crippen LogP contribution in [0.2, 0.25) is 0 Å². The molecule has 1 aliphatic heterocycles. The van der Waals surface area contributed by atoms with Crippen LogP contribution in [0.3, 0.4) is 0 Å². The maximum Gasteiger partial charge on any atom is 0.163 e. The molecule has 1 aliphatic rings. The van der Waals surface area contributed by atoms with Crippen molar-refractivity contribution in [2.75, 3.05) is 17.7 Å². The normalized spacial score (nSPS) is 19.4. The molecular weight excluding hydrogens is 264 g/mol. The topological polar surface area (TPSA) is 73.1 Å². The highest BCUT2D eigenvalue weighted by atomic mass is 16.5. The first-order valence-corrected chi connectivity index (χ1v) is 7.30. The highest BCUT2D eigenvalue weighted by Crippen LogP contribution is 2.22. The first-order valence-electron chi connectivity index (χ1n) is 7.30. The fourth-order valence-corrected chi connectivity index (χ4v) is 2.58. The molecule has 2 atom stereocenters. The lowest BCUT2D eigenvalue weighted by Gasteiger charge is -2.20. The Balaban J connectivity index is 1.81. The van der Waals surface area contributed by atoms with E-state index < -0.39 is 0 Å². The highest BCUT2D eigenvalue weighted by molar-refractivity contribution is 5.60. The van der Waals surface area contributed by atoms with Gasteiger partial charge in [0.15, 0.2) is 5.82 Å². The lowest BCUT2D eigenvalue weighted by Crippen LogP contribution is -2.30. The van der Waals surface area contributed by atoms with E-state index in [-0.39, 0.29) is 12.1 Å². The molecule has 3 rings (SSSR count). The number of nitrogens with one attached hydrogen (secondary N) is 1. The van der Waals surface area contributed by atoms with Crippen LogP contribution in [0.15, 0.2) is 36.4 Å². The van der Waals surface area contributed by atoms with Gasteiger partial charge in [0, 0.05) is 18.2 Å². The van der Waals surface area contributed by atoms with Crippen molar-refractivity contribution in [3.05, 3.63) is 36.4 Å². The van der Waals surface area contributed by atoms with Crippen molar-refractivity contribution in [2.45, 2.75) is 31.9 Å². The van der Waals surface area contributed by atoms with E-state index in [1.54, 1.807) is 6.07 Å². The molecule has 1 aromatic carbocycles. The smallest absolute Gasteiger partial charge is 0.163 e. The lowest BCUT2D eigenvalue weighted by molar-refractivity contribution is 0.0995. The van der Waals surface area contributed by atoms with E-state index in [2.05, 4.69) is 22.2 Å². The van der Waals surface area contributed by atoms with E-state index >= 15 is 0 Å². The maximum absolute atomic E-state index is 5.90. The minimum absolute atomic E-state index is 0.199. The third kappa shape index (κ3) is 3.31. The summed E-state index contributed by atoms with van der Waals surface area (Å²) in [4.78, 5) is 8.86. The van der Waals surface area contributed by atoms with Crippen molar-refractivity contribution >= 4 is 11.6 Å². The van der Waals surface area contributed by atoms with Gasteiger partial charge in [-0.1, -0.05) is 30.3 Å². The first kappa shape index (κ1) is 13.8. The summed E-state index contributed by atoms with van der Waals surface area (Å²) in [5, 5.41) is 3.38. The maximum atomic E-state index is 5.90. The van der Waals surface area contributed by atoms with E-state index in [4.69, 9.17) is 10.5 Å². The number of rotatable bonds is 4. The standard InChI is InChI=1S/C16H20N4O/c1-11(13-8-5-9-21-13)18-15-10-14(17)19-16(20-15)12-6-3-2-4-7-12/h2-4,6-7,10-11,13H,5,8-9H2,1H3,(H3,17,18,19,20). The Kier molecular flexibility index (Phi) is 4.01.